The van der Waals surface area contributed by atoms with Gasteiger partial charge in [0.1, 0.15) is 0 Å². The Kier molecular flexibility index (Phi) is 4.94. The highest BCUT2D eigenvalue weighted by Crippen LogP contribution is 2.20. The fraction of sp³-hybridized carbons (Fsp3) is 0.364. The van der Waals surface area contributed by atoms with Gasteiger partial charge in [0.05, 0.1) is 17.8 Å². The molecule has 0 saturated carbocycles. The fourth-order valence-electron chi connectivity index (χ4n) is 3.86. The topological polar surface area (TPSA) is 59.0 Å². The van der Waals surface area contributed by atoms with Crippen molar-refractivity contribution in [2.24, 2.45) is 13.0 Å². The van der Waals surface area contributed by atoms with Gasteiger partial charge in [-0.2, -0.15) is 5.10 Å². The van der Waals surface area contributed by atoms with Crippen molar-refractivity contribution >= 4 is 16.8 Å². The lowest BCUT2D eigenvalue weighted by molar-refractivity contribution is -0.123. The highest BCUT2D eigenvalue weighted by Gasteiger charge is 2.29. The monoisotopic (exact) mass is 362 g/mol. The Labute approximate surface area is 159 Å². The number of benzene rings is 2. The summed E-state index contributed by atoms with van der Waals surface area (Å²) in [5.74, 6) is 0.600. The number of amides is 1. The SMILES string of the molecule is Cc1ccc(CC2CNC(C(=O)NCc3ccc4c(cnn4C)c3)C2)cc1. The molecular formula is C22H26N4O. The zero-order valence-corrected chi connectivity index (χ0v) is 15.9. The molecule has 1 fully saturated rings. The number of nitrogens with one attached hydrogen (secondary N) is 2. The van der Waals surface area contributed by atoms with E-state index in [1.807, 2.05) is 24.0 Å². The molecule has 0 radical (unpaired) electrons. The first-order valence-electron chi connectivity index (χ1n) is 9.56. The molecule has 1 amide bonds. The van der Waals surface area contributed by atoms with Crippen LogP contribution in [0.2, 0.25) is 0 Å². The molecule has 140 valence electrons. The third kappa shape index (κ3) is 4.03. The summed E-state index contributed by atoms with van der Waals surface area (Å²) in [4.78, 5) is 12.5. The van der Waals surface area contributed by atoms with Crippen LogP contribution in [0.3, 0.4) is 0 Å². The molecule has 2 unspecified atom stereocenters. The van der Waals surface area contributed by atoms with Crippen molar-refractivity contribution in [2.45, 2.75) is 32.4 Å². The number of carbonyl (C=O) groups excluding carboxylic acids is 1. The van der Waals surface area contributed by atoms with Crippen molar-refractivity contribution in [3.63, 3.8) is 0 Å². The van der Waals surface area contributed by atoms with E-state index >= 15 is 0 Å². The van der Waals surface area contributed by atoms with Crippen LogP contribution < -0.4 is 10.6 Å². The highest BCUT2D eigenvalue weighted by molar-refractivity contribution is 5.82. The summed E-state index contributed by atoms with van der Waals surface area (Å²) in [6.07, 6.45) is 3.77. The number of rotatable bonds is 5. The Morgan fingerprint density at radius 2 is 2.00 bits per heavy atom. The van der Waals surface area contributed by atoms with Crippen LogP contribution in [-0.4, -0.2) is 28.3 Å². The van der Waals surface area contributed by atoms with Gasteiger partial charge in [0.25, 0.3) is 0 Å². The zero-order chi connectivity index (χ0) is 18.8. The molecule has 27 heavy (non-hydrogen) atoms. The van der Waals surface area contributed by atoms with Gasteiger partial charge in [-0.3, -0.25) is 9.48 Å². The lowest BCUT2D eigenvalue weighted by Crippen LogP contribution is -2.39. The Morgan fingerprint density at radius 3 is 2.81 bits per heavy atom. The summed E-state index contributed by atoms with van der Waals surface area (Å²) in [5, 5.41) is 11.8. The van der Waals surface area contributed by atoms with Gasteiger partial charge in [-0.25, -0.2) is 0 Å². The lowest BCUT2D eigenvalue weighted by Gasteiger charge is -2.12. The van der Waals surface area contributed by atoms with E-state index in [0.717, 1.165) is 35.9 Å². The molecule has 2 heterocycles. The van der Waals surface area contributed by atoms with Gasteiger partial charge in [-0.15, -0.1) is 0 Å². The van der Waals surface area contributed by atoms with Crippen LogP contribution >= 0.6 is 0 Å². The zero-order valence-electron chi connectivity index (χ0n) is 15.9. The van der Waals surface area contributed by atoms with Crippen molar-refractivity contribution in [2.75, 3.05) is 6.54 Å². The minimum absolute atomic E-state index is 0.0905. The Hall–Kier alpha value is -2.66. The maximum absolute atomic E-state index is 12.5. The smallest absolute Gasteiger partial charge is 0.237 e. The molecule has 2 atom stereocenters. The number of hydrogen-bond acceptors (Lipinski definition) is 3. The standard InChI is InChI=1S/C22H26N4O/c1-15-3-5-16(6-4-15)9-18-11-20(23-13-18)22(27)24-12-17-7-8-21-19(10-17)14-25-26(21)2/h3-8,10,14,18,20,23H,9,11-13H2,1-2H3,(H,24,27). The molecule has 0 spiro atoms. The Bertz CT molecular complexity index is 945. The molecule has 2 aromatic carbocycles. The number of aryl methyl sites for hydroxylation is 2. The van der Waals surface area contributed by atoms with E-state index in [9.17, 15) is 4.79 Å². The molecule has 4 rings (SSSR count). The first-order chi connectivity index (χ1) is 13.1. The Morgan fingerprint density at radius 1 is 1.22 bits per heavy atom. The second-order valence-electron chi connectivity index (χ2n) is 7.63. The third-order valence-corrected chi connectivity index (χ3v) is 5.46. The lowest BCUT2D eigenvalue weighted by atomic mass is 9.96. The van der Waals surface area contributed by atoms with Gasteiger partial charge in [0, 0.05) is 19.0 Å². The maximum Gasteiger partial charge on any atom is 0.237 e. The van der Waals surface area contributed by atoms with Gasteiger partial charge in [-0.1, -0.05) is 35.9 Å². The average Bonchev–Trinajstić information content (AvgIpc) is 3.29. The van der Waals surface area contributed by atoms with E-state index in [4.69, 9.17) is 0 Å². The fourth-order valence-corrected chi connectivity index (χ4v) is 3.86. The van der Waals surface area contributed by atoms with Gasteiger partial charge >= 0.3 is 0 Å². The van der Waals surface area contributed by atoms with Crippen LogP contribution in [-0.2, 0) is 24.8 Å². The van der Waals surface area contributed by atoms with Crippen LogP contribution in [0.4, 0.5) is 0 Å². The maximum atomic E-state index is 12.5. The number of nitrogens with zero attached hydrogens (tertiary/aromatic N) is 2. The molecule has 1 aromatic heterocycles. The molecule has 2 N–H and O–H groups in total. The largest absolute Gasteiger partial charge is 0.351 e. The van der Waals surface area contributed by atoms with E-state index in [0.29, 0.717) is 12.5 Å². The molecule has 5 heteroatoms. The molecule has 0 aliphatic carbocycles. The minimum Gasteiger partial charge on any atom is -0.351 e. The molecule has 0 bridgehead atoms. The molecule has 1 aliphatic rings. The number of carbonyl (C=O) groups is 1. The summed E-state index contributed by atoms with van der Waals surface area (Å²) < 4.78 is 1.86. The van der Waals surface area contributed by atoms with E-state index in [2.05, 4.69) is 59.1 Å². The van der Waals surface area contributed by atoms with Crippen LogP contribution in [0.1, 0.15) is 23.1 Å². The summed E-state index contributed by atoms with van der Waals surface area (Å²) in [5.41, 5.74) is 4.82. The first kappa shape index (κ1) is 17.7. The van der Waals surface area contributed by atoms with Crippen molar-refractivity contribution < 1.29 is 4.79 Å². The van der Waals surface area contributed by atoms with E-state index in [-0.39, 0.29) is 11.9 Å². The second-order valence-corrected chi connectivity index (χ2v) is 7.63. The summed E-state index contributed by atoms with van der Waals surface area (Å²) in [6, 6.07) is 14.8. The first-order valence-corrected chi connectivity index (χ1v) is 9.56. The summed E-state index contributed by atoms with van der Waals surface area (Å²) in [7, 11) is 1.93. The predicted octanol–water partition coefficient (Wildman–Crippen LogP) is 2.72. The van der Waals surface area contributed by atoms with Crippen molar-refractivity contribution in [3.05, 3.63) is 65.4 Å². The van der Waals surface area contributed by atoms with Crippen molar-refractivity contribution in [1.29, 1.82) is 0 Å². The average molecular weight is 362 g/mol. The second kappa shape index (κ2) is 7.53. The quantitative estimate of drug-likeness (QED) is 0.734. The minimum atomic E-state index is -0.0948. The van der Waals surface area contributed by atoms with Crippen LogP contribution in [0.5, 0.6) is 0 Å². The predicted molar refractivity (Wildman–Crippen MR) is 107 cm³/mol. The van der Waals surface area contributed by atoms with Gasteiger partial charge in [0.2, 0.25) is 5.91 Å². The Balaban J connectivity index is 1.30. The van der Waals surface area contributed by atoms with Crippen LogP contribution in [0.25, 0.3) is 10.9 Å². The van der Waals surface area contributed by atoms with Crippen molar-refractivity contribution in [1.82, 2.24) is 20.4 Å². The van der Waals surface area contributed by atoms with Crippen LogP contribution in [0.15, 0.2) is 48.7 Å². The van der Waals surface area contributed by atoms with Crippen molar-refractivity contribution in [3.8, 4) is 0 Å². The molecule has 3 aromatic rings. The molecule has 1 saturated heterocycles. The number of hydrogen-bond donors (Lipinski definition) is 2. The van der Waals surface area contributed by atoms with Crippen LogP contribution in [0, 0.1) is 12.8 Å². The highest BCUT2D eigenvalue weighted by atomic mass is 16.2. The number of fused-ring (bicyclic) bond motifs is 1. The summed E-state index contributed by atoms with van der Waals surface area (Å²) >= 11 is 0. The van der Waals surface area contributed by atoms with Gasteiger partial charge in [-0.05, 0) is 55.5 Å². The number of aromatic nitrogens is 2. The third-order valence-electron chi connectivity index (χ3n) is 5.46. The van der Waals surface area contributed by atoms with Gasteiger partial charge in [0.15, 0.2) is 0 Å². The van der Waals surface area contributed by atoms with E-state index in [1.165, 1.54) is 11.1 Å². The molecule has 1 aliphatic heterocycles. The molecular weight excluding hydrogens is 336 g/mol. The van der Waals surface area contributed by atoms with E-state index in [1.54, 1.807) is 0 Å². The van der Waals surface area contributed by atoms with E-state index < -0.39 is 0 Å². The molecule has 5 nitrogen and oxygen atoms in total. The normalized spacial score (nSPS) is 19.5. The van der Waals surface area contributed by atoms with Gasteiger partial charge < -0.3 is 10.6 Å². The summed E-state index contributed by atoms with van der Waals surface area (Å²) in [6.45, 7) is 3.55.